The summed E-state index contributed by atoms with van der Waals surface area (Å²) in [6.45, 7) is 3.73. The molecule has 0 aliphatic carbocycles. The van der Waals surface area contributed by atoms with Crippen LogP contribution in [0, 0.1) is 6.92 Å². The second-order valence-corrected chi connectivity index (χ2v) is 8.79. The van der Waals surface area contributed by atoms with Crippen LogP contribution in [0.15, 0.2) is 60.0 Å². The Hall–Kier alpha value is -3.00. The highest BCUT2D eigenvalue weighted by molar-refractivity contribution is 7.90. The van der Waals surface area contributed by atoms with Crippen molar-refractivity contribution in [1.82, 2.24) is 19.7 Å². The lowest BCUT2D eigenvalue weighted by atomic mass is 10.0. The third-order valence-electron chi connectivity index (χ3n) is 4.83. The summed E-state index contributed by atoms with van der Waals surface area (Å²) in [4.78, 5) is 18.7. The lowest BCUT2D eigenvalue weighted by Gasteiger charge is -2.26. The lowest BCUT2D eigenvalue weighted by molar-refractivity contribution is 0.0741. The molecule has 0 saturated heterocycles. The van der Waals surface area contributed by atoms with Crippen LogP contribution in [0.1, 0.15) is 34.5 Å². The number of aryl methyl sites for hydroxylation is 1. The summed E-state index contributed by atoms with van der Waals surface area (Å²) in [5.74, 6) is -0.226. The Balaban J connectivity index is 1.85. The predicted octanol–water partition coefficient (Wildman–Crippen LogP) is 2.81. The maximum atomic E-state index is 13.0. The first-order valence-corrected chi connectivity index (χ1v) is 10.6. The molecular formula is C20H22N4O3S. The zero-order chi connectivity index (χ0) is 20.5. The van der Waals surface area contributed by atoms with Crippen molar-refractivity contribution in [2.45, 2.75) is 24.8 Å². The van der Waals surface area contributed by atoms with Gasteiger partial charge >= 0.3 is 0 Å². The third kappa shape index (κ3) is 3.96. The van der Waals surface area contributed by atoms with Gasteiger partial charge < -0.3 is 4.90 Å². The summed E-state index contributed by atoms with van der Waals surface area (Å²) in [6, 6.07) is 12.1. The highest BCUT2D eigenvalue weighted by Crippen LogP contribution is 2.24. The molecule has 8 heteroatoms. The van der Waals surface area contributed by atoms with Crippen LogP contribution in [-0.4, -0.2) is 47.3 Å². The van der Waals surface area contributed by atoms with E-state index >= 15 is 0 Å². The van der Waals surface area contributed by atoms with Gasteiger partial charge in [0.15, 0.2) is 9.84 Å². The summed E-state index contributed by atoms with van der Waals surface area (Å²) in [7, 11) is -1.67. The third-order valence-corrected chi connectivity index (χ3v) is 5.94. The number of amides is 1. The van der Waals surface area contributed by atoms with Gasteiger partial charge in [0.25, 0.3) is 5.91 Å². The van der Waals surface area contributed by atoms with Gasteiger partial charge in [-0.15, -0.1) is 0 Å². The maximum absolute atomic E-state index is 13.0. The van der Waals surface area contributed by atoms with Gasteiger partial charge in [-0.05, 0) is 49.2 Å². The zero-order valence-electron chi connectivity index (χ0n) is 16.2. The smallest absolute Gasteiger partial charge is 0.254 e. The number of rotatable bonds is 5. The standard InChI is InChI=1S/C20H22N4O3S/c1-14-5-10-18(28(4,26)27)11-19(14)20(25)23(3)15(2)16-6-8-17(9-7-16)24-13-21-12-22-24/h5-13,15H,1-4H3/t15-/m0/s1. The average Bonchev–Trinajstić information content (AvgIpc) is 3.20. The fraction of sp³-hybridized carbons (Fsp3) is 0.250. The van der Waals surface area contributed by atoms with Gasteiger partial charge in [-0.2, -0.15) is 5.10 Å². The molecule has 0 spiro atoms. The van der Waals surface area contributed by atoms with Crippen molar-refractivity contribution in [3.05, 3.63) is 71.8 Å². The number of hydrogen-bond donors (Lipinski definition) is 0. The Morgan fingerprint density at radius 3 is 2.39 bits per heavy atom. The van der Waals surface area contributed by atoms with E-state index < -0.39 is 9.84 Å². The Bertz CT molecular complexity index is 1090. The van der Waals surface area contributed by atoms with E-state index in [9.17, 15) is 13.2 Å². The topological polar surface area (TPSA) is 85.2 Å². The van der Waals surface area contributed by atoms with Crippen molar-refractivity contribution in [1.29, 1.82) is 0 Å². The van der Waals surface area contributed by atoms with Gasteiger partial charge in [0.05, 0.1) is 16.6 Å². The van der Waals surface area contributed by atoms with Crippen LogP contribution in [0.5, 0.6) is 0 Å². The number of carbonyl (C=O) groups excluding carboxylic acids is 1. The van der Waals surface area contributed by atoms with E-state index in [-0.39, 0.29) is 16.8 Å². The van der Waals surface area contributed by atoms with Crippen LogP contribution < -0.4 is 0 Å². The molecule has 0 bridgehead atoms. The molecule has 0 saturated carbocycles. The van der Waals surface area contributed by atoms with Crippen molar-refractivity contribution < 1.29 is 13.2 Å². The van der Waals surface area contributed by atoms with Crippen LogP contribution >= 0.6 is 0 Å². The molecule has 0 aliphatic rings. The second-order valence-electron chi connectivity index (χ2n) is 6.77. The molecule has 1 amide bonds. The molecule has 1 atom stereocenters. The second kappa shape index (κ2) is 7.55. The molecule has 0 radical (unpaired) electrons. The van der Waals surface area contributed by atoms with E-state index in [2.05, 4.69) is 10.1 Å². The molecule has 1 heterocycles. The highest BCUT2D eigenvalue weighted by Gasteiger charge is 2.22. The van der Waals surface area contributed by atoms with Gasteiger partial charge in [0.1, 0.15) is 12.7 Å². The largest absolute Gasteiger partial charge is 0.335 e. The molecule has 1 aromatic heterocycles. The first kappa shape index (κ1) is 19.8. The van der Waals surface area contributed by atoms with Gasteiger partial charge in [-0.3, -0.25) is 4.79 Å². The van der Waals surface area contributed by atoms with Gasteiger partial charge in [-0.25, -0.2) is 18.1 Å². The number of benzene rings is 2. The monoisotopic (exact) mass is 398 g/mol. The lowest BCUT2D eigenvalue weighted by Crippen LogP contribution is -2.30. The van der Waals surface area contributed by atoms with Crippen molar-refractivity contribution in [2.75, 3.05) is 13.3 Å². The Morgan fingerprint density at radius 2 is 1.82 bits per heavy atom. The molecule has 146 valence electrons. The van der Waals surface area contributed by atoms with Crippen LogP contribution in [0.4, 0.5) is 0 Å². The SMILES string of the molecule is Cc1ccc(S(C)(=O)=O)cc1C(=O)N(C)[C@@H](C)c1ccc(-n2cncn2)cc1. The van der Waals surface area contributed by atoms with E-state index in [1.807, 2.05) is 31.2 Å². The number of carbonyl (C=O) groups is 1. The molecule has 28 heavy (non-hydrogen) atoms. The first-order chi connectivity index (χ1) is 13.2. The molecule has 2 aromatic carbocycles. The Morgan fingerprint density at radius 1 is 1.14 bits per heavy atom. The number of hydrogen-bond acceptors (Lipinski definition) is 5. The molecule has 3 rings (SSSR count). The van der Waals surface area contributed by atoms with Crippen LogP contribution in [0.25, 0.3) is 5.69 Å². The van der Waals surface area contributed by atoms with Gasteiger partial charge in [0.2, 0.25) is 0 Å². The molecule has 0 unspecified atom stereocenters. The molecule has 7 nitrogen and oxygen atoms in total. The van der Waals surface area contributed by atoms with Crippen molar-refractivity contribution >= 4 is 15.7 Å². The number of aromatic nitrogens is 3. The van der Waals surface area contributed by atoms with Crippen LogP contribution in [0.3, 0.4) is 0 Å². The summed E-state index contributed by atoms with van der Waals surface area (Å²) in [5.41, 5.74) is 2.95. The molecule has 0 aliphatic heterocycles. The minimum absolute atomic E-state index is 0.139. The maximum Gasteiger partial charge on any atom is 0.254 e. The molecule has 3 aromatic rings. The van der Waals surface area contributed by atoms with E-state index in [0.29, 0.717) is 5.56 Å². The molecule has 0 fully saturated rings. The van der Waals surface area contributed by atoms with Crippen LogP contribution in [-0.2, 0) is 9.84 Å². The number of nitrogens with zero attached hydrogens (tertiary/aromatic N) is 4. The zero-order valence-corrected chi connectivity index (χ0v) is 17.0. The first-order valence-electron chi connectivity index (χ1n) is 8.71. The van der Waals surface area contributed by atoms with Crippen molar-refractivity contribution in [3.8, 4) is 5.69 Å². The van der Waals surface area contributed by atoms with E-state index in [4.69, 9.17) is 0 Å². The normalized spacial score (nSPS) is 12.6. The average molecular weight is 398 g/mol. The molecular weight excluding hydrogens is 376 g/mol. The van der Waals surface area contributed by atoms with Gasteiger partial charge in [0, 0.05) is 18.9 Å². The minimum atomic E-state index is -3.38. The summed E-state index contributed by atoms with van der Waals surface area (Å²) < 4.78 is 25.3. The quantitative estimate of drug-likeness (QED) is 0.660. The Kier molecular flexibility index (Phi) is 5.33. The van der Waals surface area contributed by atoms with Crippen LogP contribution in [0.2, 0.25) is 0 Å². The fourth-order valence-corrected chi connectivity index (χ4v) is 3.55. The fourth-order valence-electron chi connectivity index (χ4n) is 2.90. The Labute approximate surface area is 164 Å². The van der Waals surface area contributed by atoms with E-state index in [1.165, 1.54) is 18.5 Å². The van der Waals surface area contributed by atoms with Gasteiger partial charge in [-0.1, -0.05) is 18.2 Å². The van der Waals surface area contributed by atoms with Crippen molar-refractivity contribution in [3.63, 3.8) is 0 Å². The number of sulfone groups is 1. The van der Waals surface area contributed by atoms with E-state index in [0.717, 1.165) is 23.1 Å². The van der Waals surface area contributed by atoms with Crippen molar-refractivity contribution in [2.24, 2.45) is 0 Å². The highest BCUT2D eigenvalue weighted by atomic mass is 32.2. The summed E-state index contributed by atoms with van der Waals surface area (Å²) in [5, 5.41) is 4.09. The summed E-state index contributed by atoms with van der Waals surface area (Å²) >= 11 is 0. The molecule has 0 N–H and O–H groups in total. The predicted molar refractivity (Wildman–Crippen MR) is 106 cm³/mol. The van der Waals surface area contributed by atoms with E-state index in [1.54, 1.807) is 35.9 Å². The minimum Gasteiger partial charge on any atom is -0.335 e. The summed E-state index contributed by atoms with van der Waals surface area (Å²) in [6.07, 6.45) is 4.22.